The number of benzene rings is 1. The normalized spacial score (nSPS) is 11.3. The first kappa shape index (κ1) is 13.3. The molecule has 0 saturated carbocycles. The Balaban J connectivity index is 2.70. The Bertz CT molecular complexity index is 399. The Hall–Kier alpha value is -0.770. The van der Waals surface area contributed by atoms with E-state index in [1.54, 1.807) is 32.0 Å². The minimum atomic E-state index is -0.539. The van der Waals surface area contributed by atoms with Gasteiger partial charge in [0.2, 0.25) is 5.91 Å². The first-order valence-corrected chi connectivity index (χ1v) is 5.57. The number of rotatable bonds is 3. The van der Waals surface area contributed by atoms with Crippen molar-refractivity contribution in [1.82, 2.24) is 0 Å². The second kappa shape index (κ2) is 5.04. The van der Waals surface area contributed by atoms with E-state index >= 15 is 0 Å². The Morgan fingerprint density at radius 1 is 1.44 bits per heavy atom. The second-order valence-electron chi connectivity index (χ2n) is 4.34. The number of nitrogens with one attached hydrogen (secondary N) is 1. The van der Waals surface area contributed by atoms with Gasteiger partial charge in [0.05, 0.1) is 10.7 Å². The van der Waals surface area contributed by atoms with Gasteiger partial charge in [0.25, 0.3) is 0 Å². The third kappa shape index (κ3) is 4.39. The minimum absolute atomic E-state index is 0.170. The molecule has 5 heteroatoms. The van der Waals surface area contributed by atoms with Gasteiger partial charge in [-0.25, -0.2) is 0 Å². The van der Waals surface area contributed by atoms with Crippen LogP contribution in [0.25, 0.3) is 0 Å². The van der Waals surface area contributed by atoms with Crippen LogP contribution in [0.1, 0.15) is 20.3 Å². The average Bonchev–Trinajstić information content (AvgIpc) is 2.06. The molecule has 0 aliphatic carbocycles. The molecule has 0 saturated heterocycles. The van der Waals surface area contributed by atoms with Crippen molar-refractivity contribution in [2.45, 2.75) is 25.8 Å². The van der Waals surface area contributed by atoms with Crippen molar-refractivity contribution in [2.75, 3.05) is 5.32 Å². The summed E-state index contributed by atoms with van der Waals surface area (Å²) in [4.78, 5) is 11.6. The van der Waals surface area contributed by atoms with Crippen LogP contribution in [0.2, 0.25) is 10.0 Å². The van der Waals surface area contributed by atoms with E-state index in [1.165, 1.54) is 0 Å². The summed E-state index contributed by atoms with van der Waals surface area (Å²) in [5.41, 5.74) is 5.74. The molecule has 0 fully saturated rings. The van der Waals surface area contributed by atoms with Gasteiger partial charge in [0.1, 0.15) is 0 Å². The maximum atomic E-state index is 11.6. The molecule has 0 aliphatic heterocycles. The van der Waals surface area contributed by atoms with Gasteiger partial charge in [-0.15, -0.1) is 0 Å². The molecule has 88 valence electrons. The average molecular weight is 261 g/mol. The summed E-state index contributed by atoms with van der Waals surface area (Å²) in [5, 5.41) is 3.63. The zero-order valence-corrected chi connectivity index (χ0v) is 10.7. The Kier molecular flexibility index (Phi) is 4.19. The molecule has 1 aromatic carbocycles. The van der Waals surface area contributed by atoms with Gasteiger partial charge < -0.3 is 11.1 Å². The molecule has 3 nitrogen and oxygen atoms in total. The molecule has 0 unspecified atom stereocenters. The van der Waals surface area contributed by atoms with Gasteiger partial charge >= 0.3 is 0 Å². The predicted octanol–water partition coefficient (Wildman–Crippen LogP) is 3.06. The molecule has 0 spiro atoms. The summed E-state index contributed by atoms with van der Waals surface area (Å²) in [6, 6.07) is 4.90. The lowest BCUT2D eigenvalue weighted by Crippen LogP contribution is -2.36. The number of nitrogens with two attached hydrogens (primary N) is 1. The fourth-order valence-electron chi connectivity index (χ4n) is 1.20. The highest BCUT2D eigenvalue weighted by Gasteiger charge is 2.17. The second-order valence-corrected chi connectivity index (χ2v) is 5.18. The Labute approximate surface area is 105 Å². The van der Waals surface area contributed by atoms with Gasteiger partial charge in [-0.05, 0) is 32.0 Å². The molecule has 0 radical (unpaired) electrons. The number of anilines is 1. The fraction of sp³-hybridized carbons (Fsp3) is 0.364. The van der Waals surface area contributed by atoms with Crippen LogP contribution in [0.15, 0.2) is 18.2 Å². The SMILES string of the molecule is CC(C)(N)CC(=O)Nc1ccc(Cl)cc1Cl. The first-order valence-electron chi connectivity index (χ1n) is 4.82. The maximum Gasteiger partial charge on any atom is 0.226 e. The smallest absolute Gasteiger partial charge is 0.226 e. The van der Waals surface area contributed by atoms with E-state index in [-0.39, 0.29) is 12.3 Å². The largest absolute Gasteiger partial charge is 0.325 e. The molecule has 1 rings (SSSR count). The topological polar surface area (TPSA) is 55.1 Å². The minimum Gasteiger partial charge on any atom is -0.325 e. The molecule has 1 amide bonds. The van der Waals surface area contributed by atoms with E-state index in [0.717, 1.165) is 0 Å². The molecule has 0 atom stereocenters. The van der Waals surface area contributed by atoms with Crippen LogP contribution < -0.4 is 11.1 Å². The van der Waals surface area contributed by atoms with Crippen molar-refractivity contribution in [2.24, 2.45) is 5.73 Å². The van der Waals surface area contributed by atoms with Crippen molar-refractivity contribution in [1.29, 1.82) is 0 Å². The number of hydrogen-bond acceptors (Lipinski definition) is 2. The van der Waals surface area contributed by atoms with Crippen molar-refractivity contribution < 1.29 is 4.79 Å². The van der Waals surface area contributed by atoms with Gasteiger partial charge in [0, 0.05) is 17.0 Å². The van der Waals surface area contributed by atoms with Crippen LogP contribution in [0.5, 0.6) is 0 Å². The van der Waals surface area contributed by atoms with Gasteiger partial charge in [0.15, 0.2) is 0 Å². The van der Waals surface area contributed by atoms with E-state index in [2.05, 4.69) is 5.32 Å². The molecule has 16 heavy (non-hydrogen) atoms. The summed E-state index contributed by atoms with van der Waals surface area (Å²) < 4.78 is 0. The summed E-state index contributed by atoms with van der Waals surface area (Å²) in [6.45, 7) is 3.58. The standard InChI is InChI=1S/C11H14Cl2N2O/c1-11(2,14)6-10(16)15-9-4-3-7(12)5-8(9)13/h3-5H,6,14H2,1-2H3,(H,15,16). The molecule has 1 aromatic rings. The van der Waals surface area contributed by atoms with Crippen molar-refractivity contribution in [3.8, 4) is 0 Å². The monoisotopic (exact) mass is 260 g/mol. The lowest BCUT2D eigenvalue weighted by molar-refractivity contribution is -0.117. The Morgan fingerprint density at radius 2 is 2.06 bits per heavy atom. The molecule has 0 bridgehead atoms. The summed E-state index contributed by atoms with van der Waals surface area (Å²) in [5.74, 6) is -0.170. The van der Waals surface area contributed by atoms with E-state index in [4.69, 9.17) is 28.9 Å². The third-order valence-electron chi connectivity index (χ3n) is 1.82. The number of hydrogen-bond donors (Lipinski definition) is 2. The highest BCUT2D eigenvalue weighted by atomic mass is 35.5. The third-order valence-corrected chi connectivity index (χ3v) is 2.37. The highest BCUT2D eigenvalue weighted by molar-refractivity contribution is 6.36. The lowest BCUT2D eigenvalue weighted by atomic mass is 10.0. The number of halogens is 2. The molecule has 0 heterocycles. The zero-order valence-electron chi connectivity index (χ0n) is 9.18. The number of carbonyl (C=O) groups excluding carboxylic acids is 1. The van der Waals surface area contributed by atoms with E-state index < -0.39 is 5.54 Å². The van der Waals surface area contributed by atoms with Crippen molar-refractivity contribution in [3.63, 3.8) is 0 Å². The summed E-state index contributed by atoms with van der Waals surface area (Å²) >= 11 is 11.7. The van der Waals surface area contributed by atoms with Crippen molar-refractivity contribution >= 4 is 34.8 Å². The zero-order chi connectivity index (χ0) is 12.3. The van der Waals surface area contributed by atoms with Crippen LogP contribution in [-0.2, 0) is 4.79 Å². The van der Waals surface area contributed by atoms with Crippen molar-refractivity contribution in [3.05, 3.63) is 28.2 Å². The van der Waals surface area contributed by atoms with Crippen LogP contribution in [0, 0.1) is 0 Å². The first-order chi connectivity index (χ1) is 7.28. The molecule has 0 aliphatic rings. The van der Waals surface area contributed by atoms with E-state index in [0.29, 0.717) is 15.7 Å². The van der Waals surface area contributed by atoms with Crippen LogP contribution in [-0.4, -0.2) is 11.4 Å². The lowest BCUT2D eigenvalue weighted by Gasteiger charge is -2.17. The van der Waals surface area contributed by atoms with Crippen LogP contribution in [0.4, 0.5) is 5.69 Å². The molecular weight excluding hydrogens is 247 g/mol. The van der Waals surface area contributed by atoms with E-state index in [9.17, 15) is 4.79 Å². The molecule has 3 N–H and O–H groups in total. The quantitative estimate of drug-likeness (QED) is 0.878. The van der Waals surface area contributed by atoms with Gasteiger partial charge in [-0.1, -0.05) is 23.2 Å². The van der Waals surface area contributed by atoms with Crippen LogP contribution in [0.3, 0.4) is 0 Å². The molecule has 0 aromatic heterocycles. The van der Waals surface area contributed by atoms with E-state index in [1.807, 2.05) is 0 Å². The number of carbonyl (C=O) groups is 1. The Morgan fingerprint density at radius 3 is 2.56 bits per heavy atom. The maximum absolute atomic E-state index is 11.6. The number of amides is 1. The fourth-order valence-corrected chi connectivity index (χ4v) is 1.65. The summed E-state index contributed by atoms with van der Waals surface area (Å²) in [6.07, 6.45) is 0.228. The van der Waals surface area contributed by atoms with Gasteiger partial charge in [-0.3, -0.25) is 4.79 Å². The molecular formula is C11H14Cl2N2O. The van der Waals surface area contributed by atoms with Gasteiger partial charge in [-0.2, -0.15) is 0 Å². The van der Waals surface area contributed by atoms with Crippen LogP contribution >= 0.6 is 23.2 Å². The predicted molar refractivity (Wildman–Crippen MR) is 68.0 cm³/mol. The highest BCUT2D eigenvalue weighted by Crippen LogP contribution is 2.25. The summed E-state index contributed by atoms with van der Waals surface area (Å²) in [7, 11) is 0.